The second-order valence-corrected chi connectivity index (χ2v) is 9.33. The molecule has 0 spiro atoms. The van der Waals surface area contributed by atoms with Crippen molar-refractivity contribution in [3.63, 3.8) is 0 Å². The molecular formula is C23H30N6O3. The molecule has 1 aliphatic carbocycles. The molecule has 0 bridgehead atoms. The summed E-state index contributed by atoms with van der Waals surface area (Å²) in [6.07, 6.45) is 7.71. The first-order valence-electron chi connectivity index (χ1n) is 11.5. The molecule has 1 saturated carbocycles. The van der Waals surface area contributed by atoms with Gasteiger partial charge in [0.1, 0.15) is 0 Å². The van der Waals surface area contributed by atoms with Crippen molar-refractivity contribution in [2.45, 2.75) is 44.2 Å². The normalized spacial score (nSPS) is 22.4. The topological polar surface area (TPSA) is 94.5 Å². The number of carbonyl (C=O) groups excluding carboxylic acids is 2. The van der Waals surface area contributed by atoms with Crippen LogP contribution in [0.3, 0.4) is 0 Å². The molecule has 1 atom stereocenters. The first-order chi connectivity index (χ1) is 15.5. The van der Waals surface area contributed by atoms with E-state index < -0.39 is 0 Å². The van der Waals surface area contributed by atoms with Gasteiger partial charge in [0.2, 0.25) is 11.5 Å². The highest BCUT2D eigenvalue weighted by Crippen LogP contribution is 2.38. The Balaban J connectivity index is 1.22. The summed E-state index contributed by atoms with van der Waals surface area (Å²) in [5, 5.41) is 4.20. The first-order valence-corrected chi connectivity index (χ1v) is 11.5. The first kappa shape index (κ1) is 20.9. The summed E-state index contributed by atoms with van der Waals surface area (Å²) in [6.45, 7) is 3.77. The molecule has 2 amide bonds. The molecule has 170 valence electrons. The van der Waals surface area contributed by atoms with Crippen LogP contribution in [0.4, 0.5) is 0 Å². The van der Waals surface area contributed by atoms with Crippen molar-refractivity contribution in [3.05, 3.63) is 51.7 Å². The Hall–Kier alpha value is -2.94. The van der Waals surface area contributed by atoms with Gasteiger partial charge in [-0.25, -0.2) is 0 Å². The summed E-state index contributed by atoms with van der Waals surface area (Å²) in [5.41, 5.74) is 2.22. The van der Waals surface area contributed by atoms with Gasteiger partial charge in [-0.05, 0) is 37.7 Å². The maximum atomic E-state index is 13.2. The summed E-state index contributed by atoms with van der Waals surface area (Å²) < 4.78 is 1.77. The minimum atomic E-state index is -0.216. The van der Waals surface area contributed by atoms with Crippen LogP contribution < -0.4 is 5.56 Å². The van der Waals surface area contributed by atoms with Crippen molar-refractivity contribution < 1.29 is 9.59 Å². The monoisotopic (exact) mass is 438 g/mol. The van der Waals surface area contributed by atoms with E-state index in [1.165, 1.54) is 6.07 Å². The summed E-state index contributed by atoms with van der Waals surface area (Å²) in [4.78, 5) is 46.9. The molecular weight excluding hydrogens is 408 g/mol. The van der Waals surface area contributed by atoms with Crippen molar-refractivity contribution in [1.29, 1.82) is 0 Å². The van der Waals surface area contributed by atoms with E-state index in [0.29, 0.717) is 44.2 Å². The number of nitrogens with zero attached hydrogens (tertiary/aromatic N) is 5. The maximum Gasteiger partial charge on any atom is 0.254 e. The van der Waals surface area contributed by atoms with E-state index in [9.17, 15) is 14.4 Å². The Bertz CT molecular complexity index is 1070. The standard InChI is InChI=1S/C23H30N6O3/c1-26-12-16(11-24-26)13-27-7-8-29(22(31)15-27)19-3-2-6-28(14-19)23(32)18-9-20(17-4-5-17)25-21(30)10-18/h9-12,17,19H,2-8,13-15H2,1H3,(H,25,30). The maximum absolute atomic E-state index is 13.2. The van der Waals surface area contributed by atoms with Crippen LogP contribution in [0.5, 0.6) is 0 Å². The van der Waals surface area contributed by atoms with Gasteiger partial charge in [0.05, 0.1) is 12.7 Å². The van der Waals surface area contributed by atoms with Crippen molar-refractivity contribution in [2.75, 3.05) is 32.7 Å². The molecule has 2 saturated heterocycles. The van der Waals surface area contributed by atoms with Crippen molar-refractivity contribution in [2.24, 2.45) is 7.05 Å². The lowest BCUT2D eigenvalue weighted by atomic mass is 10.0. The van der Waals surface area contributed by atoms with Gasteiger partial charge in [0.25, 0.3) is 5.91 Å². The quantitative estimate of drug-likeness (QED) is 0.750. The number of pyridine rings is 1. The number of rotatable bonds is 5. The number of piperidine rings is 1. The van der Waals surface area contributed by atoms with Crippen LogP contribution in [0, 0.1) is 0 Å². The SMILES string of the molecule is Cn1cc(CN2CCN(C3CCCN(C(=O)c4cc(C5CC5)[nH]c(=O)c4)C3)C(=O)C2)cn1. The number of H-pyrrole nitrogens is 1. The Morgan fingerprint density at radius 2 is 2.00 bits per heavy atom. The number of hydrogen-bond donors (Lipinski definition) is 1. The van der Waals surface area contributed by atoms with Crippen molar-refractivity contribution >= 4 is 11.8 Å². The van der Waals surface area contributed by atoms with E-state index in [4.69, 9.17) is 0 Å². The van der Waals surface area contributed by atoms with Crippen LogP contribution >= 0.6 is 0 Å². The van der Waals surface area contributed by atoms with Gasteiger partial charge in [-0.15, -0.1) is 0 Å². The van der Waals surface area contributed by atoms with Gasteiger partial charge in [-0.1, -0.05) is 0 Å². The van der Waals surface area contributed by atoms with E-state index in [-0.39, 0.29) is 23.4 Å². The predicted octanol–water partition coefficient (Wildman–Crippen LogP) is 0.935. The molecule has 4 heterocycles. The average molecular weight is 439 g/mol. The molecule has 3 fully saturated rings. The molecule has 1 unspecified atom stereocenters. The largest absolute Gasteiger partial charge is 0.337 e. The number of amides is 2. The number of aromatic nitrogens is 3. The van der Waals surface area contributed by atoms with Crippen LogP contribution in [0.15, 0.2) is 29.3 Å². The zero-order chi connectivity index (χ0) is 22.2. The second-order valence-electron chi connectivity index (χ2n) is 9.33. The van der Waals surface area contributed by atoms with E-state index in [1.54, 1.807) is 4.68 Å². The summed E-state index contributed by atoms with van der Waals surface area (Å²) in [5.74, 6) is 0.391. The number of carbonyl (C=O) groups is 2. The van der Waals surface area contributed by atoms with Crippen LogP contribution in [-0.4, -0.2) is 80.0 Å². The molecule has 5 rings (SSSR count). The van der Waals surface area contributed by atoms with Gasteiger partial charge in [0.15, 0.2) is 0 Å². The lowest BCUT2D eigenvalue weighted by Crippen LogP contribution is -2.58. The third-order valence-corrected chi connectivity index (χ3v) is 6.75. The molecule has 2 aromatic heterocycles. The number of aryl methyl sites for hydroxylation is 1. The van der Waals surface area contributed by atoms with Crippen molar-refractivity contribution in [3.8, 4) is 0 Å². The van der Waals surface area contributed by atoms with Crippen LogP contribution in [-0.2, 0) is 18.4 Å². The molecule has 2 aliphatic heterocycles. The third-order valence-electron chi connectivity index (χ3n) is 6.75. The summed E-state index contributed by atoms with van der Waals surface area (Å²) >= 11 is 0. The number of hydrogen-bond acceptors (Lipinski definition) is 5. The smallest absolute Gasteiger partial charge is 0.254 e. The number of likely N-dealkylation sites (tertiary alicyclic amines) is 1. The van der Waals surface area contributed by atoms with Gasteiger partial charge in [-0.2, -0.15) is 5.10 Å². The van der Waals surface area contributed by atoms with Gasteiger partial charge in [-0.3, -0.25) is 24.0 Å². The van der Waals surface area contributed by atoms with E-state index in [0.717, 1.165) is 43.5 Å². The molecule has 0 aromatic carbocycles. The van der Waals surface area contributed by atoms with Gasteiger partial charge < -0.3 is 14.8 Å². The fourth-order valence-electron chi connectivity index (χ4n) is 4.95. The van der Waals surface area contributed by atoms with Gasteiger partial charge in [0, 0.05) is 74.9 Å². The third kappa shape index (κ3) is 4.48. The minimum absolute atomic E-state index is 0.0330. The zero-order valence-corrected chi connectivity index (χ0v) is 18.5. The van der Waals surface area contributed by atoms with E-state index >= 15 is 0 Å². The highest BCUT2D eigenvalue weighted by Gasteiger charge is 2.34. The number of aromatic amines is 1. The average Bonchev–Trinajstić information content (AvgIpc) is 3.55. The Labute approximate surface area is 187 Å². The summed E-state index contributed by atoms with van der Waals surface area (Å²) in [7, 11) is 1.89. The lowest BCUT2D eigenvalue weighted by molar-refractivity contribution is -0.140. The summed E-state index contributed by atoms with van der Waals surface area (Å²) in [6, 6.07) is 3.28. The van der Waals surface area contributed by atoms with E-state index in [2.05, 4.69) is 15.0 Å². The molecule has 1 N–H and O–H groups in total. The minimum Gasteiger partial charge on any atom is -0.337 e. The Kier molecular flexibility index (Phi) is 5.58. The van der Waals surface area contributed by atoms with Crippen LogP contribution in [0.2, 0.25) is 0 Å². The highest BCUT2D eigenvalue weighted by molar-refractivity contribution is 5.94. The number of nitrogens with one attached hydrogen (secondary N) is 1. The molecule has 9 nitrogen and oxygen atoms in total. The number of piperazine rings is 1. The molecule has 9 heteroatoms. The molecule has 2 aromatic rings. The molecule has 32 heavy (non-hydrogen) atoms. The van der Waals surface area contributed by atoms with Crippen LogP contribution in [0.1, 0.15) is 53.2 Å². The zero-order valence-electron chi connectivity index (χ0n) is 18.5. The second kappa shape index (κ2) is 8.54. The fraction of sp³-hybridized carbons (Fsp3) is 0.565. The predicted molar refractivity (Wildman–Crippen MR) is 118 cm³/mol. The Morgan fingerprint density at radius 3 is 2.72 bits per heavy atom. The van der Waals surface area contributed by atoms with Crippen LogP contribution in [0.25, 0.3) is 0 Å². The van der Waals surface area contributed by atoms with E-state index in [1.807, 2.05) is 35.3 Å². The fourth-order valence-corrected chi connectivity index (χ4v) is 4.95. The molecule has 0 radical (unpaired) electrons. The molecule has 3 aliphatic rings. The van der Waals surface area contributed by atoms with Gasteiger partial charge >= 0.3 is 0 Å². The van der Waals surface area contributed by atoms with Crippen molar-refractivity contribution in [1.82, 2.24) is 29.5 Å². The Morgan fingerprint density at radius 1 is 1.16 bits per heavy atom. The lowest BCUT2D eigenvalue weighted by Gasteiger charge is -2.43. The highest BCUT2D eigenvalue weighted by atomic mass is 16.2.